The lowest BCUT2D eigenvalue weighted by Crippen LogP contribution is -2.56. The number of benzene rings is 1. The van der Waals surface area contributed by atoms with Crippen LogP contribution in [0.4, 0.5) is 0 Å². The predicted molar refractivity (Wildman–Crippen MR) is 168 cm³/mol. The molecule has 13 nitrogen and oxygen atoms in total. The zero-order valence-electron chi connectivity index (χ0n) is 26.3. The maximum atomic E-state index is 13.6. The number of carboxylic acid groups (broad SMARTS) is 1. The van der Waals surface area contributed by atoms with Crippen LogP contribution < -0.4 is 21.3 Å². The second kappa shape index (κ2) is 18.0. The summed E-state index contributed by atoms with van der Waals surface area (Å²) in [7, 11) is 0. The van der Waals surface area contributed by atoms with Crippen LogP contribution in [0, 0.1) is 5.92 Å². The van der Waals surface area contributed by atoms with Crippen LogP contribution in [0.15, 0.2) is 65.5 Å². The fourth-order valence-corrected chi connectivity index (χ4v) is 4.76. The summed E-state index contributed by atoms with van der Waals surface area (Å²) in [5.41, 5.74) is 1.97. The van der Waals surface area contributed by atoms with E-state index >= 15 is 0 Å². The summed E-state index contributed by atoms with van der Waals surface area (Å²) < 4.78 is 5.65. The Bertz CT molecular complexity index is 1440. The third-order valence-electron chi connectivity index (χ3n) is 7.12. The number of fused-ring (bicyclic) bond motifs is 2. The van der Waals surface area contributed by atoms with Gasteiger partial charge in [0.2, 0.25) is 23.6 Å². The highest BCUT2D eigenvalue weighted by Crippen LogP contribution is 2.20. The molecular formula is C33H42N6O7. The van der Waals surface area contributed by atoms with Crippen molar-refractivity contribution in [3.63, 3.8) is 0 Å². The summed E-state index contributed by atoms with van der Waals surface area (Å²) in [6, 6.07) is 10.8. The molecule has 0 saturated carbocycles. The summed E-state index contributed by atoms with van der Waals surface area (Å²) in [6.45, 7) is 5.12. The van der Waals surface area contributed by atoms with Gasteiger partial charge in [0.25, 0.3) is 11.9 Å². The van der Waals surface area contributed by atoms with Gasteiger partial charge < -0.3 is 30.8 Å². The highest BCUT2D eigenvalue weighted by Gasteiger charge is 2.31. The molecule has 2 aromatic heterocycles. The lowest BCUT2D eigenvalue weighted by molar-refractivity contribution is -0.134. The van der Waals surface area contributed by atoms with E-state index in [1.165, 1.54) is 6.26 Å². The SMILES string of the molecule is CC(=O)O.CC(C)[C@@H]1NC(=O)[C@@H](NC(=O)CCc2cccnc2)CCCCNC(=O)c2coc(n2)[C@@H](Cc2ccccc2)NC1=O. The Morgan fingerprint density at radius 3 is 2.41 bits per heavy atom. The van der Waals surface area contributed by atoms with E-state index in [0.29, 0.717) is 38.6 Å². The van der Waals surface area contributed by atoms with Crippen LogP contribution >= 0.6 is 0 Å². The van der Waals surface area contributed by atoms with Gasteiger partial charge >= 0.3 is 0 Å². The van der Waals surface area contributed by atoms with E-state index in [2.05, 4.69) is 31.2 Å². The largest absolute Gasteiger partial charge is 0.481 e. The van der Waals surface area contributed by atoms with Crippen molar-refractivity contribution in [1.29, 1.82) is 0 Å². The quantitative estimate of drug-likeness (QED) is 0.260. The molecule has 0 saturated heterocycles. The lowest BCUT2D eigenvalue weighted by atomic mass is 10.00. The number of hydrogen-bond acceptors (Lipinski definition) is 8. The molecule has 5 N–H and O–H groups in total. The number of aromatic nitrogens is 2. The molecule has 1 aliphatic heterocycles. The highest BCUT2D eigenvalue weighted by atomic mass is 16.4. The first-order chi connectivity index (χ1) is 22.0. The van der Waals surface area contributed by atoms with Gasteiger partial charge in [-0.3, -0.25) is 29.0 Å². The van der Waals surface area contributed by atoms with Crippen LogP contribution in [-0.2, 0) is 32.0 Å². The number of nitrogens with one attached hydrogen (secondary N) is 4. The molecule has 0 unspecified atom stereocenters. The average Bonchev–Trinajstić information content (AvgIpc) is 3.52. The molecule has 1 aromatic carbocycles. The molecule has 1 aliphatic rings. The number of hydrogen-bond donors (Lipinski definition) is 5. The maximum absolute atomic E-state index is 13.6. The van der Waals surface area contributed by atoms with Gasteiger partial charge in [0.1, 0.15) is 24.4 Å². The summed E-state index contributed by atoms with van der Waals surface area (Å²) in [5, 5.41) is 18.9. The van der Waals surface area contributed by atoms with Gasteiger partial charge in [-0.2, -0.15) is 0 Å². The minimum absolute atomic E-state index is 0.122. The van der Waals surface area contributed by atoms with Crippen molar-refractivity contribution in [3.8, 4) is 0 Å². The van der Waals surface area contributed by atoms with Crippen molar-refractivity contribution in [2.45, 2.75) is 77.4 Å². The van der Waals surface area contributed by atoms with Crippen LogP contribution in [0.25, 0.3) is 0 Å². The monoisotopic (exact) mass is 634 g/mol. The number of carboxylic acids is 1. The molecule has 246 valence electrons. The van der Waals surface area contributed by atoms with Crippen LogP contribution in [0.2, 0.25) is 0 Å². The Morgan fingerprint density at radius 2 is 1.74 bits per heavy atom. The summed E-state index contributed by atoms with van der Waals surface area (Å²) >= 11 is 0. The molecule has 13 heteroatoms. The fraction of sp³-hybridized carbons (Fsp3) is 0.424. The third-order valence-corrected chi connectivity index (χ3v) is 7.12. The number of aliphatic carboxylic acids is 1. The molecule has 46 heavy (non-hydrogen) atoms. The van der Waals surface area contributed by atoms with Gasteiger partial charge in [0, 0.05) is 38.7 Å². The van der Waals surface area contributed by atoms with E-state index < -0.39 is 35.9 Å². The molecule has 4 amide bonds. The molecule has 3 heterocycles. The van der Waals surface area contributed by atoms with Gasteiger partial charge in [0.05, 0.1) is 0 Å². The first-order valence-corrected chi connectivity index (χ1v) is 15.3. The number of amides is 4. The summed E-state index contributed by atoms with van der Waals surface area (Å²) in [6.07, 6.45) is 7.18. The number of pyridine rings is 1. The molecule has 3 atom stereocenters. The minimum Gasteiger partial charge on any atom is -0.481 e. The van der Waals surface area contributed by atoms with E-state index in [-0.39, 0.29) is 35.7 Å². The minimum atomic E-state index is -0.879. The topological polar surface area (TPSA) is 193 Å². The molecule has 0 radical (unpaired) electrons. The Morgan fingerprint density at radius 1 is 1.02 bits per heavy atom. The number of carbonyl (C=O) groups excluding carboxylic acids is 4. The van der Waals surface area contributed by atoms with E-state index in [9.17, 15) is 19.2 Å². The van der Waals surface area contributed by atoms with Crippen LogP contribution in [0.1, 0.15) is 80.0 Å². The Kier molecular flexibility index (Phi) is 13.9. The van der Waals surface area contributed by atoms with Crippen molar-refractivity contribution in [2.75, 3.05) is 6.54 Å². The Labute approximate surface area is 268 Å². The van der Waals surface area contributed by atoms with Gasteiger partial charge in [-0.05, 0) is 48.8 Å². The average molecular weight is 635 g/mol. The number of nitrogens with zero attached hydrogens (tertiary/aromatic N) is 2. The van der Waals surface area contributed by atoms with Crippen LogP contribution in [-0.4, -0.2) is 63.3 Å². The normalized spacial score (nSPS) is 19.1. The molecule has 0 spiro atoms. The molecule has 0 fully saturated rings. The zero-order chi connectivity index (χ0) is 33.5. The van der Waals surface area contributed by atoms with E-state index in [1.54, 1.807) is 12.4 Å². The van der Waals surface area contributed by atoms with Gasteiger partial charge in [-0.1, -0.05) is 50.2 Å². The standard InChI is InChI=1S/C31H38N6O5.C2H4O2/c1-20(2)27-30(41)35-24(17-21-9-4-3-5-10-21)31-36-25(19-42-31)28(39)33-16-7-6-12-23(29(40)37-27)34-26(38)14-13-22-11-8-15-32-18-22;1-2(3)4/h3-5,8-11,15,18-20,23-24,27H,6-7,12-14,16-17H2,1-2H3,(H,33,39)(H,34,38)(H,35,41)(H,37,40);1H3,(H,3,4)/t23-,24+,27-;/m0./s1. The smallest absolute Gasteiger partial charge is 0.300 e. The van der Waals surface area contributed by atoms with Crippen molar-refractivity contribution >= 4 is 29.6 Å². The Balaban J connectivity index is 0.00000136. The van der Waals surface area contributed by atoms with Gasteiger partial charge in [-0.15, -0.1) is 0 Å². The van der Waals surface area contributed by atoms with Crippen molar-refractivity contribution in [2.24, 2.45) is 5.92 Å². The predicted octanol–water partition coefficient (Wildman–Crippen LogP) is 2.73. The summed E-state index contributed by atoms with van der Waals surface area (Å²) in [5.74, 6) is -2.41. The van der Waals surface area contributed by atoms with E-state index in [1.807, 2.05) is 56.3 Å². The van der Waals surface area contributed by atoms with Crippen LogP contribution in [0.5, 0.6) is 0 Å². The Hall–Kier alpha value is -5.07. The third kappa shape index (κ3) is 11.8. The number of oxazole rings is 1. The maximum Gasteiger partial charge on any atom is 0.300 e. The van der Waals surface area contributed by atoms with Gasteiger partial charge in [0.15, 0.2) is 5.69 Å². The highest BCUT2D eigenvalue weighted by molar-refractivity contribution is 5.93. The molecule has 3 aromatic rings. The lowest BCUT2D eigenvalue weighted by Gasteiger charge is -2.27. The second-order valence-electron chi connectivity index (χ2n) is 11.3. The van der Waals surface area contributed by atoms with Gasteiger partial charge in [-0.25, -0.2) is 4.98 Å². The van der Waals surface area contributed by atoms with E-state index in [0.717, 1.165) is 18.1 Å². The summed E-state index contributed by atoms with van der Waals surface area (Å²) in [4.78, 5) is 70.1. The number of rotatable bonds is 7. The zero-order valence-corrected chi connectivity index (χ0v) is 26.3. The number of aryl methyl sites for hydroxylation is 1. The van der Waals surface area contributed by atoms with Crippen LogP contribution in [0.3, 0.4) is 0 Å². The first-order valence-electron chi connectivity index (χ1n) is 15.3. The molecular weight excluding hydrogens is 592 g/mol. The van der Waals surface area contributed by atoms with E-state index in [4.69, 9.17) is 14.3 Å². The van der Waals surface area contributed by atoms with Crippen molar-refractivity contribution in [1.82, 2.24) is 31.2 Å². The molecule has 2 bridgehead atoms. The fourth-order valence-electron chi connectivity index (χ4n) is 4.76. The van der Waals surface area contributed by atoms with Crippen molar-refractivity contribution < 1.29 is 33.5 Å². The second-order valence-corrected chi connectivity index (χ2v) is 11.3. The molecule has 0 aliphatic carbocycles. The number of carbonyl (C=O) groups is 5. The first kappa shape index (κ1) is 35.4. The molecule has 4 rings (SSSR count). The van der Waals surface area contributed by atoms with Crippen molar-refractivity contribution in [3.05, 3.63) is 83.8 Å².